The van der Waals surface area contributed by atoms with Crippen molar-refractivity contribution in [3.8, 4) is 0 Å². The SMILES string of the molecule is [c]1ccc(CC2CCNC2)cc1. The van der Waals surface area contributed by atoms with E-state index in [0.717, 1.165) is 5.92 Å². The highest BCUT2D eigenvalue weighted by atomic mass is 14.9. The Labute approximate surface area is 73.8 Å². The molecule has 0 aromatic heterocycles. The van der Waals surface area contributed by atoms with E-state index in [1.807, 2.05) is 12.1 Å². The van der Waals surface area contributed by atoms with Crippen LogP contribution < -0.4 is 5.32 Å². The van der Waals surface area contributed by atoms with Gasteiger partial charge in [-0.25, -0.2) is 0 Å². The highest BCUT2D eigenvalue weighted by Crippen LogP contribution is 2.14. The van der Waals surface area contributed by atoms with Gasteiger partial charge >= 0.3 is 0 Å². The Bertz CT molecular complexity index is 224. The van der Waals surface area contributed by atoms with Gasteiger partial charge in [-0.15, -0.1) is 0 Å². The molecule has 1 fully saturated rings. The molecule has 1 saturated heterocycles. The number of benzene rings is 1. The molecule has 0 amide bonds. The highest BCUT2D eigenvalue weighted by Gasteiger charge is 2.13. The Morgan fingerprint density at radius 1 is 1.42 bits per heavy atom. The number of rotatable bonds is 2. The molecule has 1 nitrogen and oxygen atoms in total. The van der Waals surface area contributed by atoms with Crippen LogP contribution in [0.1, 0.15) is 12.0 Å². The molecule has 1 unspecified atom stereocenters. The highest BCUT2D eigenvalue weighted by molar-refractivity contribution is 5.14. The lowest BCUT2D eigenvalue weighted by atomic mass is 9.99. The van der Waals surface area contributed by atoms with Crippen LogP contribution in [0.3, 0.4) is 0 Å². The second kappa shape index (κ2) is 3.72. The van der Waals surface area contributed by atoms with Gasteiger partial charge in [-0.05, 0) is 43.5 Å². The van der Waals surface area contributed by atoms with Crippen LogP contribution in [-0.4, -0.2) is 13.1 Å². The van der Waals surface area contributed by atoms with Gasteiger partial charge < -0.3 is 5.32 Å². The van der Waals surface area contributed by atoms with Crippen molar-refractivity contribution in [3.05, 3.63) is 35.9 Å². The van der Waals surface area contributed by atoms with Gasteiger partial charge in [0.15, 0.2) is 0 Å². The third-order valence-corrected chi connectivity index (χ3v) is 2.47. The minimum Gasteiger partial charge on any atom is -0.316 e. The summed E-state index contributed by atoms with van der Waals surface area (Å²) in [5.41, 5.74) is 1.45. The van der Waals surface area contributed by atoms with E-state index < -0.39 is 0 Å². The summed E-state index contributed by atoms with van der Waals surface area (Å²) in [5, 5.41) is 3.38. The zero-order valence-electron chi connectivity index (χ0n) is 7.22. The van der Waals surface area contributed by atoms with Crippen LogP contribution >= 0.6 is 0 Å². The molecule has 12 heavy (non-hydrogen) atoms. The van der Waals surface area contributed by atoms with Crippen molar-refractivity contribution in [2.75, 3.05) is 13.1 Å². The van der Waals surface area contributed by atoms with E-state index in [-0.39, 0.29) is 0 Å². The molecule has 1 aliphatic heterocycles. The largest absolute Gasteiger partial charge is 0.316 e. The first-order valence-electron chi connectivity index (χ1n) is 4.61. The Balaban J connectivity index is 1.94. The Kier molecular flexibility index (Phi) is 2.42. The van der Waals surface area contributed by atoms with Gasteiger partial charge in [0.2, 0.25) is 0 Å². The van der Waals surface area contributed by atoms with Crippen molar-refractivity contribution in [2.24, 2.45) is 5.92 Å². The molecule has 2 rings (SSSR count). The van der Waals surface area contributed by atoms with Gasteiger partial charge in [0.1, 0.15) is 0 Å². The van der Waals surface area contributed by atoms with Crippen LogP contribution in [0.25, 0.3) is 0 Å². The second-order valence-corrected chi connectivity index (χ2v) is 3.47. The van der Waals surface area contributed by atoms with E-state index in [2.05, 4.69) is 23.5 Å². The van der Waals surface area contributed by atoms with Crippen LogP contribution in [-0.2, 0) is 6.42 Å². The summed E-state index contributed by atoms with van der Waals surface area (Å²) in [6.07, 6.45) is 2.56. The van der Waals surface area contributed by atoms with E-state index in [1.165, 1.54) is 31.5 Å². The van der Waals surface area contributed by atoms with E-state index in [0.29, 0.717) is 0 Å². The molecule has 1 radical (unpaired) electrons. The molecule has 1 heteroatoms. The molecule has 0 bridgehead atoms. The summed E-state index contributed by atoms with van der Waals surface area (Å²) in [7, 11) is 0. The molecule has 0 saturated carbocycles. The molecule has 63 valence electrons. The molecular formula is C11H14N. The number of nitrogens with one attached hydrogen (secondary N) is 1. The summed E-state index contributed by atoms with van der Waals surface area (Å²) in [6.45, 7) is 2.39. The molecule has 0 spiro atoms. The van der Waals surface area contributed by atoms with E-state index >= 15 is 0 Å². The smallest absolute Gasteiger partial charge is 0.00169 e. The van der Waals surface area contributed by atoms with Crippen LogP contribution in [0.2, 0.25) is 0 Å². The van der Waals surface area contributed by atoms with Gasteiger partial charge in [0.25, 0.3) is 0 Å². The van der Waals surface area contributed by atoms with Gasteiger partial charge in [-0.1, -0.05) is 24.3 Å². The maximum absolute atomic E-state index is 3.38. The average Bonchev–Trinajstić information content (AvgIpc) is 2.59. The fourth-order valence-corrected chi connectivity index (χ4v) is 1.78. The lowest BCUT2D eigenvalue weighted by molar-refractivity contribution is 0.580. The molecular weight excluding hydrogens is 146 g/mol. The summed E-state index contributed by atoms with van der Waals surface area (Å²) >= 11 is 0. The fraction of sp³-hybridized carbons (Fsp3) is 0.455. The Morgan fingerprint density at radius 2 is 2.25 bits per heavy atom. The molecule has 1 heterocycles. The van der Waals surface area contributed by atoms with Crippen molar-refractivity contribution in [1.82, 2.24) is 5.32 Å². The average molecular weight is 160 g/mol. The molecule has 0 aliphatic carbocycles. The molecule has 1 atom stereocenters. The summed E-state index contributed by atoms with van der Waals surface area (Å²) in [5.74, 6) is 0.854. The van der Waals surface area contributed by atoms with Gasteiger partial charge in [-0.2, -0.15) is 0 Å². The topological polar surface area (TPSA) is 12.0 Å². The predicted octanol–water partition coefficient (Wildman–Crippen LogP) is 1.64. The minimum absolute atomic E-state index is 0.854. The summed E-state index contributed by atoms with van der Waals surface area (Å²) in [4.78, 5) is 0. The first-order valence-corrected chi connectivity index (χ1v) is 4.61. The first kappa shape index (κ1) is 7.81. The second-order valence-electron chi connectivity index (χ2n) is 3.47. The number of hydrogen-bond donors (Lipinski definition) is 1. The molecule has 1 aromatic carbocycles. The van der Waals surface area contributed by atoms with E-state index in [1.54, 1.807) is 0 Å². The van der Waals surface area contributed by atoms with Crippen molar-refractivity contribution < 1.29 is 0 Å². The number of hydrogen-bond acceptors (Lipinski definition) is 1. The van der Waals surface area contributed by atoms with Crippen molar-refractivity contribution in [1.29, 1.82) is 0 Å². The zero-order chi connectivity index (χ0) is 8.23. The lowest BCUT2D eigenvalue weighted by Gasteiger charge is -2.06. The normalized spacial score (nSPS) is 22.8. The van der Waals surface area contributed by atoms with Crippen LogP contribution in [0, 0.1) is 12.0 Å². The molecule has 1 aliphatic rings. The zero-order valence-corrected chi connectivity index (χ0v) is 7.22. The van der Waals surface area contributed by atoms with Crippen LogP contribution in [0.15, 0.2) is 24.3 Å². The standard InChI is InChI=1S/C11H14N/c1-2-4-10(5-3-1)8-11-6-7-12-9-11/h2-5,11-12H,6-9H2. The van der Waals surface area contributed by atoms with Crippen molar-refractivity contribution >= 4 is 0 Å². The van der Waals surface area contributed by atoms with Crippen LogP contribution in [0.4, 0.5) is 0 Å². The third-order valence-electron chi connectivity index (χ3n) is 2.47. The third kappa shape index (κ3) is 1.86. The van der Waals surface area contributed by atoms with E-state index in [9.17, 15) is 0 Å². The van der Waals surface area contributed by atoms with Crippen molar-refractivity contribution in [3.63, 3.8) is 0 Å². The maximum atomic E-state index is 3.38. The Hall–Kier alpha value is -0.820. The predicted molar refractivity (Wildman–Crippen MR) is 50.0 cm³/mol. The van der Waals surface area contributed by atoms with Crippen molar-refractivity contribution in [2.45, 2.75) is 12.8 Å². The lowest BCUT2D eigenvalue weighted by Crippen LogP contribution is -2.10. The summed E-state index contributed by atoms with van der Waals surface area (Å²) in [6, 6.07) is 11.4. The summed E-state index contributed by atoms with van der Waals surface area (Å²) < 4.78 is 0. The van der Waals surface area contributed by atoms with Gasteiger partial charge in [0, 0.05) is 0 Å². The van der Waals surface area contributed by atoms with Gasteiger partial charge in [0.05, 0.1) is 0 Å². The Morgan fingerprint density at radius 3 is 2.92 bits per heavy atom. The maximum Gasteiger partial charge on any atom is -0.00169 e. The minimum atomic E-state index is 0.854. The quantitative estimate of drug-likeness (QED) is 0.693. The van der Waals surface area contributed by atoms with E-state index in [4.69, 9.17) is 0 Å². The molecule has 1 N–H and O–H groups in total. The first-order chi connectivity index (χ1) is 5.95. The van der Waals surface area contributed by atoms with Crippen LogP contribution in [0.5, 0.6) is 0 Å². The molecule has 1 aromatic rings. The fourth-order valence-electron chi connectivity index (χ4n) is 1.78. The monoisotopic (exact) mass is 160 g/mol. The van der Waals surface area contributed by atoms with Gasteiger partial charge in [-0.3, -0.25) is 0 Å².